The highest BCUT2D eigenvalue weighted by molar-refractivity contribution is 9.10. The zero-order chi connectivity index (χ0) is 19.4. The highest BCUT2D eigenvalue weighted by Crippen LogP contribution is 2.26. The molecular weight excluding hydrogens is 424 g/mol. The maximum atomic E-state index is 12.1. The molecule has 0 fully saturated rings. The SMILES string of the molecule is CC(C)(C)c1ccc(-c2nc(SCC(=O)Nc3ccccc3Br)n[nH]2)cc1. The molecule has 0 aliphatic carbocycles. The first-order chi connectivity index (χ1) is 12.8. The van der Waals surface area contributed by atoms with Crippen LogP contribution in [-0.4, -0.2) is 26.8 Å². The van der Waals surface area contributed by atoms with Crippen molar-refractivity contribution in [3.8, 4) is 11.4 Å². The maximum Gasteiger partial charge on any atom is 0.234 e. The van der Waals surface area contributed by atoms with Crippen molar-refractivity contribution in [2.45, 2.75) is 31.3 Å². The minimum absolute atomic E-state index is 0.104. The molecule has 140 valence electrons. The van der Waals surface area contributed by atoms with Crippen LogP contribution in [0.3, 0.4) is 0 Å². The molecule has 0 spiro atoms. The van der Waals surface area contributed by atoms with Gasteiger partial charge in [0.15, 0.2) is 5.82 Å². The predicted molar refractivity (Wildman–Crippen MR) is 114 cm³/mol. The Bertz CT molecular complexity index is 932. The quantitative estimate of drug-likeness (QED) is 0.526. The summed E-state index contributed by atoms with van der Waals surface area (Å²) in [5, 5.41) is 10.6. The molecule has 0 aliphatic rings. The lowest BCUT2D eigenvalue weighted by atomic mass is 9.87. The highest BCUT2D eigenvalue weighted by atomic mass is 79.9. The summed E-state index contributed by atoms with van der Waals surface area (Å²) < 4.78 is 0.849. The number of amides is 1. The van der Waals surface area contributed by atoms with Gasteiger partial charge in [0.25, 0.3) is 0 Å². The van der Waals surface area contributed by atoms with Crippen molar-refractivity contribution in [1.82, 2.24) is 15.2 Å². The average Bonchev–Trinajstić information content (AvgIpc) is 3.10. The Kier molecular flexibility index (Phi) is 6.01. The van der Waals surface area contributed by atoms with Gasteiger partial charge in [0.2, 0.25) is 11.1 Å². The minimum Gasteiger partial charge on any atom is -0.324 e. The first kappa shape index (κ1) is 19.6. The molecule has 0 saturated heterocycles. The standard InChI is InChI=1S/C20H21BrN4OS/c1-20(2,3)14-10-8-13(9-11-14)18-23-19(25-24-18)27-12-17(26)22-16-7-5-4-6-15(16)21/h4-11H,12H2,1-3H3,(H,22,26)(H,23,24,25). The van der Waals surface area contributed by atoms with E-state index in [2.05, 4.69) is 69.3 Å². The van der Waals surface area contributed by atoms with Crippen LogP contribution in [0.15, 0.2) is 58.2 Å². The number of nitrogens with zero attached hydrogens (tertiary/aromatic N) is 2. The van der Waals surface area contributed by atoms with Crippen LogP contribution in [0.2, 0.25) is 0 Å². The molecular formula is C20H21BrN4OS. The van der Waals surface area contributed by atoms with E-state index in [1.54, 1.807) is 0 Å². The normalized spacial score (nSPS) is 11.4. The fraction of sp³-hybridized carbons (Fsp3) is 0.250. The van der Waals surface area contributed by atoms with Crippen LogP contribution in [0.5, 0.6) is 0 Å². The molecule has 0 radical (unpaired) electrons. The molecule has 2 aromatic carbocycles. The third-order valence-electron chi connectivity index (χ3n) is 3.97. The van der Waals surface area contributed by atoms with Gasteiger partial charge in [0.1, 0.15) is 0 Å². The van der Waals surface area contributed by atoms with Crippen LogP contribution in [0.25, 0.3) is 11.4 Å². The number of anilines is 1. The molecule has 0 bridgehead atoms. The van der Waals surface area contributed by atoms with E-state index in [4.69, 9.17) is 0 Å². The molecule has 0 unspecified atom stereocenters. The van der Waals surface area contributed by atoms with E-state index in [1.165, 1.54) is 17.3 Å². The van der Waals surface area contributed by atoms with E-state index in [0.717, 1.165) is 15.7 Å². The number of hydrogen-bond donors (Lipinski definition) is 2. The average molecular weight is 445 g/mol. The van der Waals surface area contributed by atoms with Crippen molar-refractivity contribution in [3.05, 3.63) is 58.6 Å². The van der Waals surface area contributed by atoms with Crippen molar-refractivity contribution >= 4 is 39.3 Å². The molecule has 3 aromatic rings. The summed E-state index contributed by atoms with van der Waals surface area (Å²) in [6.07, 6.45) is 0. The second-order valence-electron chi connectivity index (χ2n) is 7.11. The Labute approximate surface area is 171 Å². The number of halogens is 1. The Balaban J connectivity index is 1.59. The van der Waals surface area contributed by atoms with E-state index in [1.807, 2.05) is 36.4 Å². The van der Waals surface area contributed by atoms with Crippen LogP contribution in [0, 0.1) is 0 Å². The Hall–Kier alpha value is -2.12. The lowest BCUT2D eigenvalue weighted by molar-refractivity contribution is -0.113. The van der Waals surface area contributed by atoms with Crippen molar-refractivity contribution < 1.29 is 4.79 Å². The van der Waals surface area contributed by atoms with Gasteiger partial charge in [-0.15, -0.1) is 5.10 Å². The van der Waals surface area contributed by atoms with E-state index in [-0.39, 0.29) is 17.1 Å². The Morgan fingerprint density at radius 1 is 1.15 bits per heavy atom. The minimum atomic E-state index is -0.104. The summed E-state index contributed by atoms with van der Waals surface area (Å²) in [7, 11) is 0. The third-order valence-corrected chi connectivity index (χ3v) is 5.51. The number of carbonyl (C=O) groups is 1. The third kappa shape index (κ3) is 5.20. The largest absolute Gasteiger partial charge is 0.324 e. The van der Waals surface area contributed by atoms with Gasteiger partial charge in [-0.2, -0.15) is 0 Å². The highest BCUT2D eigenvalue weighted by Gasteiger charge is 2.14. The number of nitrogens with one attached hydrogen (secondary N) is 2. The van der Waals surface area contributed by atoms with Crippen LogP contribution >= 0.6 is 27.7 Å². The Morgan fingerprint density at radius 3 is 2.52 bits per heavy atom. The summed E-state index contributed by atoms with van der Waals surface area (Å²) in [6.45, 7) is 6.55. The summed E-state index contributed by atoms with van der Waals surface area (Å²) in [5.41, 5.74) is 3.10. The van der Waals surface area contributed by atoms with E-state index < -0.39 is 0 Å². The molecule has 27 heavy (non-hydrogen) atoms. The number of benzene rings is 2. The van der Waals surface area contributed by atoms with Gasteiger partial charge < -0.3 is 5.32 Å². The number of aromatic amines is 1. The number of hydrogen-bond acceptors (Lipinski definition) is 4. The molecule has 5 nitrogen and oxygen atoms in total. The van der Waals surface area contributed by atoms with Gasteiger partial charge in [-0.3, -0.25) is 9.89 Å². The molecule has 3 rings (SSSR count). The van der Waals surface area contributed by atoms with Crippen molar-refractivity contribution in [2.24, 2.45) is 0 Å². The Morgan fingerprint density at radius 2 is 1.85 bits per heavy atom. The lowest BCUT2D eigenvalue weighted by Crippen LogP contribution is -2.14. The zero-order valence-corrected chi connectivity index (χ0v) is 17.8. The van der Waals surface area contributed by atoms with Gasteiger partial charge >= 0.3 is 0 Å². The second kappa shape index (κ2) is 8.27. The van der Waals surface area contributed by atoms with Gasteiger partial charge in [-0.1, -0.05) is 68.9 Å². The van der Waals surface area contributed by atoms with E-state index in [9.17, 15) is 4.79 Å². The van der Waals surface area contributed by atoms with Gasteiger partial charge in [0.05, 0.1) is 11.4 Å². The molecule has 2 N–H and O–H groups in total. The summed E-state index contributed by atoms with van der Waals surface area (Å²) in [5.74, 6) is 0.832. The molecule has 1 heterocycles. The van der Waals surface area contributed by atoms with Crippen molar-refractivity contribution in [1.29, 1.82) is 0 Å². The van der Waals surface area contributed by atoms with E-state index in [0.29, 0.717) is 11.0 Å². The lowest BCUT2D eigenvalue weighted by Gasteiger charge is -2.18. The zero-order valence-electron chi connectivity index (χ0n) is 15.4. The van der Waals surface area contributed by atoms with Crippen molar-refractivity contribution in [2.75, 3.05) is 11.1 Å². The number of aromatic nitrogens is 3. The first-order valence-electron chi connectivity index (χ1n) is 8.53. The number of rotatable bonds is 5. The predicted octanol–water partition coefficient (Wildman–Crippen LogP) is 5.26. The number of thioether (sulfide) groups is 1. The maximum absolute atomic E-state index is 12.1. The van der Waals surface area contributed by atoms with Gasteiger partial charge in [-0.25, -0.2) is 4.98 Å². The number of H-pyrrole nitrogens is 1. The number of para-hydroxylation sites is 1. The molecule has 0 atom stereocenters. The summed E-state index contributed by atoms with van der Waals surface area (Å²) in [4.78, 5) is 16.6. The van der Waals surface area contributed by atoms with Crippen LogP contribution in [-0.2, 0) is 10.2 Å². The van der Waals surface area contributed by atoms with Gasteiger partial charge in [-0.05, 0) is 39.0 Å². The molecule has 0 saturated carbocycles. The smallest absolute Gasteiger partial charge is 0.234 e. The fourth-order valence-electron chi connectivity index (χ4n) is 2.45. The van der Waals surface area contributed by atoms with Crippen molar-refractivity contribution in [3.63, 3.8) is 0 Å². The topological polar surface area (TPSA) is 70.7 Å². The molecule has 7 heteroatoms. The second-order valence-corrected chi connectivity index (χ2v) is 8.91. The molecule has 1 amide bonds. The van der Waals surface area contributed by atoms with Gasteiger partial charge in [0, 0.05) is 10.0 Å². The van der Waals surface area contributed by atoms with E-state index >= 15 is 0 Å². The van der Waals surface area contributed by atoms with Crippen LogP contribution in [0.1, 0.15) is 26.3 Å². The summed E-state index contributed by atoms with van der Waals surface area (Å²) >= 11 is 4.71. The number of carbonyl (C=O) groups excluding carboxylic acids is 1. The molecule has 0 aliphatic heterocycles. The fourth-order valence-corrected chi connectivity index (χ4v) is 3.43. The summed E-state index contributed by atoms with van der Waals surface area (Å²) in [6, 6.07) is 15.8. The monoisotopic (exact) mass is 444 g/mol. The van der Waals surface area contributed by atoms with Crippen LogP contribution < -0.4 is 5.32 Å². The molecule has 1 aromatic heterocycles. The first-order valence-corrected chi connectivity index (χ1v) is 10.3. The van der Waals surface area contributed by atoms with Crippen LogP contribution in [0.4, 0.5) is 5.69 Å².